The van der Waals surface area contributed by atoms with E-state index in [0.29, 0.717) is 24.4 Å². The van der Waals surface area contributed by atoms with Gasteiger partial charge in [0.05, 0.1) is 6.61 Å². The highest BCUT2D eigenvalue weighted by molar-refractivity contribution is 5.86. The molecule has 0 fully saturated rings. The molecule has 2 amide bonds. The lowest BCUT2D eigenvalue weighted by molar-refractivity contribution is 0.168. The number of amides is 2. The lowest BCUT2D eigenvalue weighted by atomic mass is 9.75. The number of carbonyl (C=O) groups excluding carboxylic acids is 1. The van der Waals surface area contributed by atoms with Crippen molar-refractivity contribution in [3.8, 4) is 0 Å². The van der Waals surface area contributed by atoms with E-state index in [1.54, 1.807) is 19.1 Å². The minimum absolute atomic E-state index is 0.292. The minimum Gasteiger partial charge on any atom is -0.465 e. The molecule has 3 N–H and O–H groups in total. The molecule has 0 bridgehead atoms. The van der Waals surface area contributed by atoms with Gasteiger partial charge in [0.15, 0.2) is 0 Å². The van der Waals surface area contributed by atoms with Crippen molar-refractivity contribution in [2.24, 2.45) is 0 Å². The van der Waals surface area contributed by atoms with E-state index >= 15 is 0 Å². The fraction of sp³-hybridized carbons (Fsp3) is 0.294. The van der Waals surface area contributed by atoms with Gasteiger partial charge in [-0.1, -0.05) is 37.3 Å². The molecule has 0 heterocycles. The van der Waals surface area contributed by atoms with E-state index in [4.69, 9.17) is 9.84 Å². The molecule has 1 aromatic rings. The van der Waals surface area contributed by atoms with Gasteiger partial charge >= 0.3 is 12.2 Å². The predicted molar refractivity (Wildman–Crippen MR) is 87.4 cm³/mol. The number of nitrogens with one attached hydrogen (secondary N) is 2. The summed E-state index contributed by atoms with van der Waals surface area (Å²) in [6, 6.07) is 7.42. The molecule has 0 spiro atoms. The van der Waals surface area contributed by atoms with Gasteiger partial charge in [0, 0.05) is 23.2 Å². The van der Waals surface area contributed by atoms with Crippen molar-refractivity contribution >= 4 is 17.9 Å². The van der Waals surface area contributed by atoms with Crippen LogP contribution in [0, 0.1) is 0 Å². The number of ether oxygens (including phenoxy) is 1. The quantitative estimate of drug-likeness (QED) is 0.791. The molecule has 1 aromatic carbocycles. The molecule has 0 saturated heterocycles. The molecular formula is C17H20N2O4. The number of anilines is 1. The third-order valence-corrected chi connectivity index (χ3v) is 3.64. The molecular weight excluding hydrogens is 296 g/mol. The summed E-state index contributed by atoms with van der Waals surface area (Å²) < 4.78 is 4.93. The lowest BCUT2D eigenvalue weighted by Gasteiger charge is -2.32. The Hall–Kier alpha value is -2.76. The van der Waals surface area contributed by atoms with Gasteiger partial charge in [-0.2, -0.15) is 0 Å². The van der Waals surface area contributed by atoms with Crippen LogP contribution < -0.4 is 10.6 Å². The lowest BCUT2D eigenvalue weighted by Crippen LogP contribution is -2.30. The molecule has 0 aliphatic heterocycles. The fourth-order valence-corrected chi connectivity index (χ4v) is 2.67. The Kier molecular flexibility index (Phi) is 5.05. The Labute approximate surface area is 134 Å². The Morgan fingerprint density at radius 1 is 1.30 bits per heavy atom. The van der Waals surface area contributed by atoms with Crippen LogP contribution in [-0.4, -0.2) is 23.9 Å². The van der Waals surface area contributed by atoms with E-state index in [-0.39, 0.29) is 0 Å². The van der Waals surface area contributed by atoms with E-state index in [1.807, 2.05) is 37.3 Å². The second-order valence-corrected chi connectivity index (χ2v) is 5.47. The molecule has 1 aliphatic carbocycles. The van der Waals surface area contributed by atoms with Crippen molar-refractivity contribution in [3.63, 3.8) is 0 Å². The highest BCUT2D eigenvalue weighted by atomic mass is 16.5. The summed E-state index contributed by atoms with van der Waals surface area (Å²) in [6.07, 6.45) is 4.42. The summed E-state index contributed by atoms with van der Waals surface area (Å²) in [7, 11) is 0. The summed E-state index contributed by atoms with van der Waals surface area (Å²) in [5.74, 6) is 0. The summed E-state index contributed by atoms with van der Waals surface area (Å²) in [5, 5.41) is 14.0. The van der Waals surface area contributed by atoms with Crippen LogP contribution in [0.3, 0.4) is 0 Å². The third-order valence-electron chi connectivity index (χ3n) is 3.64. The maximum atomic E-state index is 11.7. The molecule has 6 heteroatoms. The second-order valence-electron chi connectivity index (χ2n) is 5.47. The molecule has 2 rings (SSSR count). The average Bonchev–Trinajstić information content (AvgIpc) is 2.47. The van der Waals surface area contributed by atoms with Crippen LogP contribution in [0.2, 0.25) is 0 Å². The number of rotatable bonds is 4. The summed E-state index contributed by atoms with van der Waals surface area (Å²) in [4.78, 5) is 22.6. The van der Waals surface area contributed by atoms with Gasteiger partial charge in [0.1, 0.15) is 0 Å². The summed E-state index contributed by atoms with van der Waals surface area (Å²) >= 11 is 0. The van der Waals surface area contributed by atoms with E-state index in [0.717, 1.165) is 5.56 Å². The molecule has 1 unspecified atom stereocenters. The standard InChI is InChI=1S/C17H20N2O4/c1-3-23-16(22)19-14-9-5-4-8-13(14)17(2)10-6-7-12(11-17)18-15(20)21/h4-10,18H,3,11H2,1-2H3,(H,19,22)(H,20,21). The Morgan fingerprint density at radius 2 is 2.04 bits per heavy atom. The number of para-hydroxylation sites is 1. The topological polar surface area (TPSA) is 87.7 Å². The van der Waals surface area contributed by atoms with Crippen LogP contribution in [0.5, 0.6) is 0 Å². The fourth-order valence-electron chi connectivity index (χ4n) is 2.67. The van der Waals surface area contributed by atoms with Gasteiger partial charge in [-0.05, 0) is 24.6 Å². The van der Waals surface area contributed by atoms with Crippen molar-refractivity contribution < 1.29 is 19.4 Å². The molecule has 23 heavy (non-hydrogen) atoms. The molecule has 0 radical (unpaired) electrons. The van der Waals surface area contributed by atoms with Crippen molar-refractivity contribution in [1.29, 1.82) is 0 Å². The normalized spacial score (nSPS) is 19.7. The Balaban J connectivity index is 2.27. The van der Waals surface area contributed by atoms with Crippen molar-refractivity contribution in [2.45, 2.75) is 25.7 Å². The highest BCUT2D eigenvalue weighted by Gasteiger charge is 2.30. The summed E-state index contributed by atoms with van der Waals surface area (Å²) in [5.41, 5.74) is 1.70. The number of allylic oxidation sites excluding steroid dienone is 4. The third kappa shape index (κ3) is 4.12. The first-order valence-corrected chi connectivity index (χ1v) is 7.36. The number of benzene rings is 1. The highest BCUT2D eigenvalue weighted by Crippen LogP contribution is 2.38. The van der Waals surface area contributed by atoms with Gasteiger partial charge in [-0.15, -0.1) is 0 Å². The molecule has 0 aromatic heterocycles. The van der Waals surface area contributed by atoms with Crippen molar-refractivity contribution in [3.05, 3.63) is 53.8 Å². The van der Waals surface area contributed by atoms with Crippen LogP contribution in [0.15, 0.2) is 48.2 Å². The van der Waals surface area contributed by atoms with E-state index in [1.165, 1.54) is 0 Å². The maximum absolute atomic E-state index is 11.7. The Bertz CT molecular complexity index is 666. The summed E-state index contributed by atoms with van der Waals surface area (Å²) in [6.45, 7) is 4.03. The zero-order valence-electron chi connectivity index (χ0n) is 13.1. The van der Waals surface area contributed by atoms with Gasteiger partial charge in [0.2, 0.25) is 0 Å². The largest absolute Gasteiger partial charge is 0.465 e. The smallest absolute Gasteiger partial charge is 0.411 e. The average molecular weight is 316 g/mol. The van der Waals surface area contributed by atoms with Crippen LogP contribution >= 0.6 is 0 Å². The maximum Gasteiger partial charge on any atom is 0.411 e. The zero-order valence-corrected chi connectivity index (χ0v) is 13.1. The number of carbonyl (C=O) groups is 2. The van der Waals surface area contributed by atoms with E-state index < -0.39 is 17.6 Å². The number of hydrogen-bond acceptors (Lipinski definition) is 3. The molecule has 0 saturated carbocycles. The van der Waals surface area contributed by atoms with Crippen molar-refractivity contribution in [1.82, 2.24) is 5.32 Å². The first-order chi connectivity index (χ1) is 10.9. The second kappa shape index (κ2) is 7.00. The monoisotopic (exact) mass is 316 g/mol. The van der Waals surface area contributed by atoms with Crippen LogP contribution in [0.1, 0.15) is 25.8 Å². The Morgan fingerprint density at radius 3 is 2.74 bits per heavy atom. The molecule has 6 nitrogen and oxygen atoms in total. The zero-order chi connectivity index (χ0) is 16.9. The number of hydrogen-bond donors (Lipinski definition) is 3. The van der Waals surface area contributed by atoms with E-state index in [2.05, 4.69) is 10.6 Å². The molecule has 1 atom stereocenters. The van der Waals surface area contributed by atoms with Gasteiger partial charge < -0.3 is 9.84 Å². The SMILES string of the molecule is CCOC(=O)Nc1ccccc1C1(C)C=CC=C(NC(=O)O)C1. The van der Waals surface area contributed by atoms with E-state index in [9.17, 15) is 9.59 Å². The van der Waals surface area contributed by atoms with Crippen LogP contribution in [0.25, 0.3) is 0 Å². The predicted octanol–water partition coefficient (Wildman–Crippen LogP) is 3.62. The van der Waals surface area contributed by atoms with Crippen molar-refractivity contribution in [2.75, 3.05) is 11.9 Å². The first kappa shape index (κ1) is 16.6. The minimum atomic E-state index is -1.09. The van der Waals surface area contributed by atoms with Crippen LogP contribution in [-0.2, 0) is 10.2 Å². The first-order valence-electron chi connectivity index (χ1n) is 7.36. The van der Waals surface area contributed by atoms with Gasteiger partial charge in [0.25, 0.3) is 0 Å². The number of carboxylic acid groups (broad SMARTS) is 1. The van der Waals surface area contributed by atoms with Crippen LogP contribution in [0.4, 0.5) is 15.3 Å². The molecule has 122 valence electrons. The molecule has 1 aliphatic rings. The van der Waals surface area contributed by atoms with Gasteiger partial charge in [-0.25, -0.2) is 9.59 Å². The van der Waals surface area contributed by atoms with Gasteiger partial charge in [-0.3, -0.25) is 10.6 Å².